The molecule has 0 saturated heterocycles. The van der Waals surface area contributed by atoms with E-state index in [-0.39, 0.29) is 31.3 Å². The monoisotopic (exact) mass is 370 g/mol. The summed E-state index contributed by atoms with van der Waals surface area (Å²) in [6.07, 6.45) is 1.08. The highest BCUT2D eigenvalue weighted by Crippen LogP contribution is 2.38. The summed E-state index contributed by atoms with van der Waals surface area (Å²) in [5, 5.41) is 2.71. The molecule has 0 unspecified atom stereocenters. The SMILES string of the molecule is CCCOc1ccc(C(=O)CCC(=O)Nc2cc3c(cc2N)OCO3)cc1. The lowest BCUT2D eigenvalue weighted by atomic mass is 10.1. The van der Waals surface area contributed by atoms with Crippen molar-refractivity contribution in [1.29, 1.82) is 0 Å². The third-order valence-corrected chi connectivity index (χ3v) is 4.05. The molecule has 1 aliphatic rings. The zero-order chi connectivity index (χ0) is 19.2. The predicted molar refractivity (Wildman–Crippen MR) is 101 cm³/mol. The summed E-state index contributed by atoms with van der Waals surface area (Å²) < 4.78 is 16.0. The molecule has 2 aromatic rings. The Morgan fingerprint density at radius 2 is 1.81 bits per heavy atom. The van der Waals surface area contributed by atoms with E-state index in [4.69, 9.17) is 19.9 Å². The van der Waals surface area contributed by atoms with Crippen molar-refractivity contribution in [2.75, 3.05) is 24.5 Å². The number of nitrogen functional groups attached to an aromatic ring is 1. The molecule has 0 aromatic heterocycles. The quantitative estimate of drug-likeness (QED) is 0.546. The molecule has 3 N–H and O–H groups in total. The van der Waals surface area contributed by atoms with Crippen LogP contribution in [0.5, 0.6) is 17.2 Å². The summed E-state index contributed by atoms with van der Waals surface area (Å²) in [6, 6.07) is 10.2. The lowest BCUT2D eigenvalue weighted by Gasteiger charge is -2.09. The van der Waals surface area contributed by atoms with E-state index in [1.165, 1.54) is 0 Å². The number of ketones is 1. The molecule has 0 saturated carbocycles. The summed E-state index contributed by atoms with van der Waals surface area (Å²) in [7, 11) is 0. The Hall–Kier alpha value is -3.22. The molecule has 0 atom stereocenters. The van der Waals surface area contributed by atoms with Gasteiger partial charge in [-0.15, -0.1) is 0 Å². The van der Waals surface area contributed by atoms with Gasteiger partial charge >= 0.3 is 0 Å². The maximum atomic E-state index is 12.3. The molecule has 0 spiro atoms. The molecule has 2 aromatic carbocycles. The van der Waals surface area contributed by atoms with E-state index in [0.29, 0.717) is 35.0 Å². The molecule has 1 heterocycles. The number of hydrogen-bond donors (Lipinski definition) is 2. The van der Waals surface area contributed by atoms with Crippen molar-refractivity contribution < 1.29 is 23.8 Å². The van der Waals surface area contributed by atoms with Crippen LogP contribution in [0.25, 0.3) is 0 Å². The summed E-state index contributed by atoms with van der Waals surface area (Å²) >= 11 is 0. The summed E-state index contributed by atoms with van der Waals surface area (Å²) in [5.41, 5.74) is 7.27. The Labute approximate surface area is 157 Å². The fraction of sp³-hybridized carbons (Fsp3) is 0.300. The minimum atomic E-state index is -0.295. The second kappa shape index (κ2) is 8.44. The van der Waals surface area contributed by atoms with E-state index in [1.807, 2.05) is 6.92 Å². The van der Waals surface area contributed by atoms with Gasteiger partial charge in [0.1, 0.15) is 5.75 Å². The Morgan fingerprint density at radius 1 is 1.11 bits per heavy atom. The number of ether oxygens (including phenoxy) is 3. The van der Waals surface area contributed by atoms with Crippen LogP contribution >= 0.6 is 0 Å². The Bertz CT molecular complexity index is 833. The van der Waals surface area contributed by atoms with Crippen molar-refractivity contribution in [3.05, 3.63) is 42.0 Å². The normalized spacial score (nSPS) is 11.9. The van der Waals surface area contributed by atoms with Gasteiger partial charge in [0.05, 0.1) is 18.0 Å². The van der Waals surface area contributed by atoms with Gasteiger partial charge in [-0.25, -0.2) is 0 Å². The molecule has 3 rings (SSSR count). The molecule has 142 valence electrons. The molecular weight excluding hydrogens is 348 g/mol. The van der Waals surface area contributed by atoms with Crippen LogP contribution in [0, 0.1) is 0 Å². The summed E-state index contributed by atoms with van der Waals surface area (Å²) in [5.74, 6) is 1.40. The number of carbonyl (C=O) groups is 2. The third-order valence-electron chi connectivity index (χ3n) is 4.05. The van der Waals surface area contributed by atoms with Crippen LogP contribution in [-0.4, -0.2) is 25.1 Å². The van der Waals surface area contributed by atoms with Crippen molar-refractivity contribution in [3.8, 4) is 17.2 Å². The van der Waals surface area contributed by atoms with Crippen molar-refractivity contribution >= 4 is 23.1 Å². The smallest absolute Gasteiger partial charge is 0.231 e. The minimum Gasteiger partial charge on any atom is -0.494 e. The Balaban J connectivity index is 1.52. The number of fused-ring (bicyclic) bond motifs is 1. The number of nitrogens with one attached hydrogen (secondary N) is 1. The Morgan fingerprint density at radius 3 is 2.52 bits per heavy atom. The van der Waals surface area contributed by atoms with Crippen molar-refractivity contribution in [2.45, 2.75) is 26.2 Å². The van der Waals surface area contributed by atoms with Gasteiger partial charge in [-0.2, -0.15) is 0 Å². The molecule has 7 heteroatoms. The van der Waals surface area contributed by atoms with Crippen molar-refractivity contribution in [1.82, 2.24) is 0 Å². The van der Waals surface area contributed by atoms with Crippen LogP contribution in [0.15, 0.2) is 36.4 Å². The van der Waals surface area contributed by atoms with Crippen LogP contribution in [0.2, 0.25) is 0 Å². The van der Waals surface area contributed by atoms with Gasteiger partial charge in [0.25, 0.3) is 0 Å². The lowest BCUT2D eigenvalue weighted by molar-refractivity contribution is -0.116. The highest BCUT2D eigenvalue weighted by molar-refractivity contribution is 6.01. The predicted octanol–water partition coefficient (Wildman–Crippen LogP) is 3.39. The number of amides is 1. The Kier molecular flexibility index (Phi) is 5.80. The maximum absolute atomic E-state index is 12.3. The van der Waals surface area contributed by atoms with Gasteiger partial charge in [0.2, 0.25) is 12.7 Å². The van der Waals surface area contributed by atoms with Crippen molar-refractivity contribution in [3.63, 3.8) is 0 Å². The molecule has 1 amide bonds. The van der Waals surface area contributed by atoms with E-state index in [1.54, 1.807) is 36.4 Å². The van der Waals surface area contributed by atoms with Gasteiger partial charge in [-0.3, -0.25) is 9.59 Å². The van der Waals surface area contributed by atoms with Crippen LogP contribution in [-0.2, 0) is 4.79 Å². The first-order chi connectivity index (χ1) is 13.1. The van der Waals surface area contributed by atoms with E-state index >= 15 is 0 Å². The van der Waals surface area contributed by atoms with Gasteiger partial charge in [0, 0.05) is 30.5 Å². The first-order valence-corrected chi connectivity index (χ1v) is 8.82. The molecule has 27 heavy (non-hydrogen) atoms. The number of hydrogen-bond acceptors (Lipinski definition) is 6. The van der Waals surface area contributed by atoms with Crippen LogP contribution < -0.4 is 25.3 Å². The molecule has 1 aliphatic heterocycles. The van der Waals surface area contributed by atoms with Gasteiger partial charge in [-0.1, -0.05) is 6.92 Å². The maximum Gasteiger partial charge on any atom is 0.231 e. The van der Waals surface area contributed by atoms with E-state index in [0.717, 1.165) is 12.2 Å². The molecule has 0 aliphatic carbocycles. The molecule has 0 bridgehead atoms. The average molecular weight is 370 g/mol. The summed E-state index contributed by atoms with van der Waals surface area (Å²) in [6.45, 7) is 2.79. The molecule has 0 fully saturated rings. The first kappa shape index (κ1) is 18.6. The second-order valence-corrected chi connectivity index (χ2v) is 6.14. The minimum absolute atomic E-state index is 0.0564. The first-order valence-electron chi connectivity index (χ1n) is 8.82. The number of nitrogens with two attached hydrogens (primary N) is 1. The van der Waals surface area contributed by atoms with E-state index < -0.39 is 0 Å². The fourth-order valence-electron chi connectivity index (χ4n) is 2.61. The third kappa shape index (κ3) is 4.69. The number of benzene rings is 2. The number of carbonyl (C=O) groups excluding carboxylic acids is 2. The van der Waals surface area contributed by atoms with Gasteiger partial charge in [0.15, 0.2) is 17.3 Å². The van der Waals surface area contributed by atoms with Gasteiger partial charge in [-0.05, 0) is 30.7 Å². The van der Waals surface area contributed by atoms with Crippen molar-refractivity contribution in [2.24, 2.45) is 0 Å². The standard InChI is InChI=1S/C20H22N2O5/c1-2-9-25-14-5-3-13(4-6-14)17(23)7-8-20(24)22-16-11-19-18(10-15(16)21)26-12-27-19/h3-6,10-11H,2,7-9,12,21H2,1H3,(H,22,24). The second-order valence-electron chi connectivity index (χ2n) is 6.14. The zero-order valence-corrected chi connectivity index (χ0v) is 15.1. The number of rotatable bonds is 8. The molecular formula is C20H22N2O5. The van der Waals surface area contributed by atoms with E-state index in [9.17, 15) is 9.59 Å². The number of Topliss-reactive ketones (excluding diaryl/α,β-unsaturated/α-hetero) is 1. The highest BCUT2D eigenvalue weighted by atomic mass is 16.7. The summed E-state index contributed by atoms with van der Waals surface area (Å²) in [4.78, 5) is 24.4. The zero-order valence-electron chi connectivity index (χ0n) is 15.1. The largest absolute Gasteiger partial charge is 0.494 e. The lowest BCUT2D eigenvalue weighted by Crippen LogP contribution is -2.14. The van der Waals surface area contributed by atoms with E-state index in [2.05, 4.69) is 5.32 Å². The van der Waals surface area contributed by atoms with Crippen LogP contribution in [0.3, 0.4) is 0 Å². The molecule has 0 radical (unpaired) electrons. The topological polar surface area (TPSA) is 99.9 Å². The number of anilines is 2. The van der Waals surface area contributed by atoms with Crippen LogP contribution in [0.4, 0.5) is 11.4 Å². The molecule has 7 nitrogen and oxygen atoms in total. The van der Waals surface area contributed by atoms with Crippen LogP contribution in [0.1, 0.15) is 36.5 Å². The fourth-order valence-corrected chi connectivity index (χ4v) is 2.61. The average Bonchev–Trinajstić information content (AvgIpc) is 3.12. The highest BCUT2D eigenvalue weighted by Gasteiger charge is 2.17. The van der Waals surface area contributed by atoms with Gasteiger partial charge < -0.3 is 25.3 Å².